The van der Waals surface area contributed by atoms with Crippen LogP contribution in [0, 0.1) is 5.92 Å². The minimum atomic E-state index is -0.884. The van der Waals surface area contributed by atoms with Gasteiger partial charge in [-0.3, -0.25) is 4.79 Å². The van der Waals surface area contributed by atoms with Crippen LogP contribution in [-0.2, 0) is 4.79 Å². The smallest absolute Gasteiger partial charge is 0.225 e. The molecule has 3 aromatic rings. The number of nitrogens with one attached hydrogen (secondary N) is 1. The number of hydrogen-bond donors (Lipinski definition) is 2. The zero-order valence-corrected chi connectivity index (χ0v) is 23.9. The molecular weight excluding hydrogens is 540 g/mol. The molecule has 3 fully saturated rings. The largest absolute Gasteiger partial charge is 0.489 e. The molecule has 3 atom stereocenters. The third-order valence-corrected chi connectivity index (χ3v) is 8.38. The molecule has 1 saturated carbocycles. The fourth-order valence-electron chi connectivity index (χ4n) is 5.64. The molecular formula is C32H37ClN4O4. The zero-order chi connectivity index (χ0) is 28.2. The minimum Gasteiger partial charge on any atom is -0.489 e. The number of ether oxygens (including phenoxy) is 2. The Balaban J connectivity index is 1.11. The molecule has 216 valence electrons. The number of likely N-dealkylation sites (tertiary alicyclic amines) is 1. The molecule has 3 heterocycles. The van der Waals surface area contributed by atoms with Crippen LogP contribution in [0.2, 0.25) is 5.02 Å². The van der Waals surface area contributed by atoms with Crippen LogP contribution in [0.15, 0.2) is 66.9 Å². The maximum atomic E-state index is 13.6. The maximum absolute atomic E-state index is 13.6. The standard InChI is InChI=1S/C32H37ClN4O4/c33-27-18-22(9-12-29(27)40-25-10-11-25)31(38)28(21-36-15-3-4-16-36)35-32(39)23-13-17-37(20-23)24-6-5-7-26(19-24)41-30-8-1-2-14-34-30/h1-2,5-9,12,14,18-19,23,25,28,31,38H,3-4,10-11,13,15-17,20-21H2,(H,35,39). The molecule has 8 nitrogen and oxygen atoms in total. The van der Waals surface area contributed by atoms with E-state index in [2.05, 4.69) is 20.1 Å². The number of amides is 1. The van der Waals surface area contributed by atoms with E-state index in [1.807, 2.05) is 54.6 Å². The van der Waals surface area contributed by atoms with E-state index in [-0.39, 0.29) is 17.9 Å². The molecule has 3 aliphatic rings. The van der Waals surface area contributed by atoms with Crippen molar-refractivity contribution in [3.8, 4) is 17.4 Å². The van der Waals surface area contributed by atoms with Crippen molar-refractivity contribution in [2.24, 2.45) is 5.92 Å². The van der Waals surface area contributed by atoms with Gasteiger partial charge in [0.15, 0.2) is 0 Å². The van der Waals surface area contributed by atoms with E-state index in [0.29, 0.717) is 41.1 Å². The van der Waals surface area contributed by atoms with Gasteiger partial charge < -0.3 is 29.7 Å². The molecule has 1 aromatic heterocycles. The summed E-state index contributed by atoms with van der Waals surface area (Å²) < 4.78 is 11.8. The topological polar surface area (TPSA) is 87.2 Å². The van der Waals surface area contributed by atoms with Crippen molar-refractivity contribution in [3.63, 3.8) is 0 Å². The zero-order valence-electron chi connectivity index (χ0n) is 23.1. The fourth-order valence-corrected chi connectivity index (χ4v) is 5.88. The molecule has 2 N–H and O–H groups in total. The molecule has 0 radical (unpaired) electrons. The highest BCUT2D eigenvalue weighted by Crippen LogP contribution is 2.35. The Morgan fingerprint density at radius 2 is 1.90 bits per heavy atom. The van der Waals surface area contributed by atoms with E-state index in [0.717, 1.165) is 57.4 Å². The van der Waals surface area contributed by atoms with E-state index >= 15 is 0 Å². The van der Waals surface area contributed by atoms with Crippen molar-refractivity contribution in [2.45, 2.75) is 50.4 Å². The van der Waals surface area contributed by atoms with Gasteiger partial charge in [0.1, 0.15) is 17.6 Å². The van der Waals surface area contributed by atoms with Gasteiger partial charge in [-0.25, -0.2) is 4.98 Å². The summed E-state index contributed by atoms with van der Waals surface area (Å²) in [6, 6.07) is 18.4. The Hall–Kier alpha value is -3.33. The Kier molecular flexibility index (Phi) is 8.60. The van der Waals surface area contributed by atoms with Gasteiger partial charge in [-0.05, 0) is 81.1 Å². The minimum absolute atomic E-state index is 0.0311. The van der Waals surface area contributed by atoms with Crippen LogP contribution in [0.5, 0.6) is 17.4 Å². The molecule has 3 unspecified atom stereocenters. The number of aliphatic hydroxyl groups is 1. The molecule has 0 bridgehead atoms. The molecule has 9 heteroatoms. The maximum Gasteiger partial charge on any atom is 0.225 e. The normalized spacial score (nSPS) is 20.5. The Morgan fingerprint density at radius 1 is 1.05 bits per heavy atom. The number of halogens is 1. The number of nitrogens with zero attached hydrogens (tertiary/aromatic N) is 3. The fraction of sp³-hybridized carbons (Fsp3) is 0.438. The summed E-state index contributed by atoms with van der Waals surface area (Å²) in [4.78, 5) is 22.3. The number of aromatic nitrogens is 1. The highest BCUT2D eigenvalue weighted by Gasteiger charge is 2.33. The number of carbonyl (C=O) groups excluding carboxylic acids is 1. The number of carbonyl (C=O) groups is 1. The van der Waals surface area contributed by atoms with Crippen LogP contribution in [0.25, 0.3) is 0 Å². The summed E-state index contributed by atoms with van der Waals surface area (Å²) in [6.45, 7) is 3.91. The van der Waals surface area contributed by atoms with Crippen LogP contribution in [0.3, 0.4) is 0 Å². The first-order chi connectivity index (χ1) is 20.0. The van der Waals surface area contributed by atoms with Gasteiger partial charge >= 0.3 is 0 Å². The molecule has 41 heavy (non-hydrogen) atoms. The van der Waals surface area contributed by atoms with Crippen molar-refractivity contribution in [1.29, 1.82) is 0 Å². The van der Waals surface area contributed by atoms with Crippen LogP contribution < -0.4 is 19.7 Å². The lowest BCUT2D eigenvalue weighted by atomic mass is 10.00. The molecule has 6 rings (SSSR count). The second-order valence-corrected chi connectivity index (χ2v) is 11.7. The average molecular weight is 577 g/mol. The molecule has 2 aliphatic heterocycles. The van der Waals surface area contributed by atoms with Gasteiger partial charge in [0.05, 0.1) is 23.1 Å². The molecule has 2 aromatic carbocycles. The van der Waals surface area contributed by atoms with Crippen molar-refractivity contribution < 1.29 is 19.4 Å². The van der Waals surface area contributed by atoms with E-state index < -0.39 is 12.1 Å². The van der Waals surface area contributed by atoms with Gasteiger partial charge in [-0.15, -0.1) is 0 Å². The Labute approximate surface area is 246 Å². The first-order valence-corrected chi connectivity index (χ1v) is 15.0. The van der Waals surface area contributed by atoms with Crippen molar-refractivity contribution in [3.05, 3.63) is 77.4 Å². The van der Waals surface area contributed by atoms with Crippen molar-refractivity contribution in [2.75, 3.05) is 37.6 Å². The molecule has 0 spiro atoms. The average Bonchev–Trinajstić information content (AvgIpc) is 3.42. The first-order valence-electron chi connectivity index (χ1n) is 14.6. The van der Waals surface area contributed by atoms with Gasteiger partial charge in [0.2, 0.25) is 11.8 Å². The van der Waals surface area contributed by atoms with E-state index in [4.69, 9.17) is 21.1 Å². The van der Waals surface area contributed by atoms with Crippen LogP contribution in [0.1, 0.15) is 43.8 Å². The second-order valence-electron chi connectivity index (χ2n) is 11.3. The van der Waals surface area contributed by atoms with Gasteiger partial charge in [-0.1, -0.05) is 29.8 Å². The lowest BCUT2D eigenvalue weighted by Gasteiger charge is -2.30. The quantitative estimate of drug-likeness (QED) is 0.324. The lowest BCUT2D eigenvalue weighted by Crippen LogP contribution is -2.48. The number of pyridine rings is 1. The highest BCUT2D eigenvalue weighted by atomic mass is 35.5. The number of rotatable bonds is 11. The number of anilines is 1. The second kappa shape index (κ2) is 12.7. The summed E-state index contributed by atoms with van der Waals surface area (Å²) in [5, 5.41) is 15.2. The summed E-state index contributed by atoms with van der Waals surface area (Å²) in [7, 11) is 0. The van der Waals surface area contributed by atoms with Gasteiger partial charge in [0.25, 0.3) is 0 Å². The summed E-state index contributed by atoms with van der Waals surface area (Å²) in [5.41, 5.74) is 1.69. The number of aliphatic hydroxyl groups excluding tert-OH is 1. The van der Waals surface area contributed by atoms with E-state index in [1.54, 1.807) is 12.3 Å². The molecule has 1 aliphatic carbocycles. The monoisotopic (exact) mass is 576 g/mol. The van der Waals surface area contributed by atoms with Crippen molar-refractivity contribution in [1.82, 2.24) is 15.2 Å². The lowest BCUT2D eigenvalue weighted by molar-refractivity contribution is -0.126. The van der Waals surface area contributed by atoms with Gasteiger partial charge in [-0.2, -0.15) is 0 Å². The summed E-state index contributed by atoms with van der Waals surface area (Å²) >= 11 is 6.51. The molecule has 2 saturated heterocycles. The predicted molar refractivity (Wildman–Crippen MR) is 159 cm³/mol. The summed E-state index contributed by atoms with van der Waals surface area (Å²) in [5.74, 6) is 1.68. The first kappa shape index (κ1) is 27.8. The van der Waals surface area contributed by atoms with E-state index in [1.165, 1.54) is 0 Å². The van der Waals surface area contributed by atoms with Crippen LogP contribution >= 0.6 is 11.6 Å². The van der Waals surface area contributed by atoms with E-state index in [9.17, 15) is 9.90 Å². The third kappa shape index (κ3) is 7.12. The third-order valence-electron chi connectivity index (χ3n) is 8.08. The number of hydrogen-bond acceptors (Lipinski definition) is 7. The summed E-state index contributed by atoms with van der Waals surface area (Å²) in [6.07, 6.45) is 6.17. The van der Waals surface area contributed by atoms with Gasteiger partial charge in [0, 0.05) is 43.7 Å². The predicted octanol–water partition coefficient (Wildman–Crippen LogP) is 5.21. The van der Waals surface area contributed by atoms with Crippen LogP contribution in [0.4, 0.5) is 5.69 Å². The molecule has 1 amide bonds. The number of benzene rings is 2. The van der Waals surface area contributed by atoms with Crippen molar-refractivity contribution >= 4 is 23.2 Å². The Bertz CT molecular complexity index is 1330. The SMILES string of the molecule is O=C(NC(CN1CCCC1)C(O)c1ccc(OC2CC2)c(Cl)c1)C1CCN(c2cccc(Oc3ccccn3)c2)C1. The van der Waals surface area contributed by atoms with Crippen LogP contribution in [-0.4, -0.2) is 65.8 Å². The Morgan fingerprint density at radius 3 is 2.66 bits per heavy atom. The highest BCUT2D eigenvalue weighted by molar-refractivity contribution is 6.32.